The molecular weight excluding hydrogens is 382 g/mol. The Morgan fingerprint density at radius 3 is 2.71 bits per heavy atom. The van der Waals surface area contributed by atoms with E-state index in [1.165, 1.54) is 22.8 Å². The van der Waals surface area contributed by atoms with E-state index in [1.54, 1.807) is 31.4 Å². The topological polar surface area (TPSA) is 111 Å². The van der Waals surface area contributed by atoms with Crippen LogP contribution in [-0.2, 0) is 18.4 Å². The number of Topliss-reactive ketones (excluding diaryl/α,β-unsaturated/α-hetero) is 1. The number of carbonyl (C=O) groups excluding carboxylic acids is 2. The molecular formula is C18H17N5O4S. The maximum atomic E-state index is 12.5. The van der Waals surface area contributed by atoms with Gasteiger partial charge in [-0.25, -0.2) is 4.79 Å². The number of ether oxygens (including phenoxy) is 1. The summed E-state index contributed by atoms with van der Waals surface area (Å²) in [6.07, 6.45) is 0. The van der Waals surface area contributed by atoms with Crippen molar-refractivity contribution in [2.24, 2.45) is 7.05 Å². The monoisotopic (exact) mass is 399 g/mol. The normalized spacial score (nSPS) is 11.4. The number of aromatic nitrogens is 5. The Morgan fingerprint density at radius 1 is 1.29 bits per heavy atom. The Kier molecular flexibility index (Phi) is 4.15. The van der Waals surface area contributed by atoms with Crippen LogP contribution in [0.1, 0.15) is 44.9 Å². The third-order valence-corrected chi connectivity index (χ3v) is 5.61. The SMILES string of the molecule is CC(=O)c1c(C)[nH]c(C(=O)OCc2nnc3n(C)c(=O)c4sccc4n23)c1C. The fraction of sp³-hybridized carbons (Fsp3) is 0.278. The van der Waals surface area contributed by atoms with Gasteiger partial charge >= 0.3 is 5.97 Å². The van der Waals surface area contributed by atoms with E-state index in [4.69, 9.17) is 4.74 Å². The van der Waals surface area contributed by atoms with Crippen molar-refractivity contribution in [2.75, 3.05) is 0 Å². The summed E-state index contributed by atoms with van der Waals surface area (Å²) in [4.78, 5) is 39.6. The first kappa shape index (κ1) is 18.1. The average Bonchev–Trinajstić information content (AvgIpc) is 3.34. The number of fused-ring (bicyclic) bond motifs is 3. The lowest BCUT2D eigenvalue weighted by Gasteiger charge is -2.06. The first-order chi connectivity index (χ1) is 13.3. The molecule has 0 saturated heterocycles. The zero-order valence-electron chi connectivity index (χ0n) is 15.7. The molecule has 0 aliphatic heterocycles. The third-order valence-electron chi connectivity index (χ3n) is 4.72. The van der Waals surface area contributed by atoms with Crippen LogP contribution in [0.3, 0.4) is 0 Å². The molecule has 1 N–H and O–H groups in total. The first-order valence-corrected chi connectivity index (χ1v) is 9.36. The molecule has 4 aromatic heterocycles. The maximum absolute atomic E-state index is 12.5. The van der Waals surface area contributed by atoms with Crippen LogP contribution < -0.4 is 5.56 Å². The molecule has 0 aliphatic carbocycles. The highest BCUT2D eigenvalue weighted by Crippen LogP contribution is 2.21. The minimum atomic E-state index is -0.587. The van der Waals surface area contributed by atoms with Crippen LogP contribution in [0, 0.1) is 13.8 Å². The summed E-state index contributed by atoms with van der Waals surface area (Å²) in [6, 6.07) is 1.81. The number of carbonyl (C=O) groups is 2. The number of nitrogens with zero attached hydrogens (tertiary/aromatic N) is 4. The molecule has 0 aromatic carbocycles. The van der Waals surface area contributed by atoms with Crippen LogP contribution >= 0.6 is 11.3 Å². The van der Waals surface area contributed by atoms with Crippen LogP contribution in [0.4, 0.5) is 0 Å². The Bertz CT molecular complexity index is 1320. The molecule has 4 aromatic rings. The summed E-state index contributed by atoms with van der Waals surface area (Å²) in [5.41, 5.74) is 2.44. The van der Waals surface area contributed by atoms with E-state index in [9.17, 15) is 14.4 Å². The zero-order valence-corrected chi connectivity index (χ0v) is 16.5. The number of esters is 1. The van der Waals surface area contributed by atoms with Crippen molar-refractivity contribution in [3.63, 3.8) is 0 Å². The minimum absolute atomic E-state index is 0.116. The molecule has 0 radical (unpaired) electrons. The van der Waals surface area contributed by atoms with Crippen molar-refractivity contribution in [3.05, 3.63) is 50.1 Å². The van der Waals surface area contributed by atoms with Gasteiger partial charge in [-0.15, -0.1) is 21.5 Å². The molecule has 0 spiro atoms. The van der Waals surface area contributed by atoms with Crippen molar-refractivity contribution in [1.29, 1.82) is 0 Å². The van der Waals surface area contributed by atoms with E-state index in [-0.39, 0.29) is 23.6 Å². The van der Waals surface area contributed by atoms with Crippen molar-refractivity contribution in [2.45, 2.75) is 27.4 Å². The highest BCUT2D eigenvalue weighted by molar-refractivity contribution is 7.17. The number of hydrogen-bond acceptors (Lipinski definition) is 7. The second-order valence-corrected chi connectivity index (χ2v) is 7.42. The van der Waals surface area contributed by atoms with E-state index < -0.39 is 5.97 Å². The Hall–Kier alpha value is -3.27. The standard InChI is InChI=1S/C18H17N5O4S/c1-8-13(10(3)24)9(2)19-14(8)17(26)27-7-12-20-21-18-22(4)16(25)15-11(23(12)18)5-6-28-15/h5-6,19H,7H2,1-4H3. The molecule has 0 aliphatic rings. The van der Waals surface area contributed by atoms with Crippen molar-refractivity contribution >= 4 is 39.1 Å². The molecule has 10 heteroatoms. The number of aryl methyl sites for hydroxylation is 2. The third kappa shape index (κ3) is 2.56. The minimum Gasteiger partial charge on any atom is -0.453 e. The molecule has 0 fully saturated rings. The molecule has 0 unspecified atom stereocenters. The average molecular weight is 399 g/mol. The molecule has 9 nitrogen and oxygen atoms in total. The van der Waals surface area contributed by atoms with Gasteiger partial charge in [0.15, 0.2) is 18.2 Å². The predicted octanol–water partition coefficient (Wildman–Crippen LogP) is 2.15. The van der Waals surface area contributed by atoms with Crippen molar-refractivity contribution in [3.8, 4) is 0 Å². The van der Waals surface area contributed by atoms with E-state index in [2.05, 4.69) is 15.2 Å². The number of ketones is 1. The zero-order chi connectivity index (χ0) is 20.2. The van der Waals surface area contributed by atoms with Crippen LogP contribution in [-0.4, -0.2) is 35.9 Å². The molecule has 4 rings (SSSR count). The van der Waals surface area contributed by atoms with Crippen LogP contribution in [0.5, 0.6) is 0 Å². The van der Waals surface area contributed by atoms with Gasteiger partial charge in [0.1, 0.15) is 10.4 Å². The van der Waals surface area contributed by atoms with E-state index in [0.29, 0.717) is 38.6 Å². The summed E-state index contributed by atoms with van der Waals surface area (Å²) >= 11 is 1.33. The van der Waals surface area contributed by atoms with Gasteiger partial charge in [0, 0.05) is 18.3 Å². The van der Waals surface area contributed by atoms with Gasteiger partial charge in [0.2, 0.25) is 5.78 Å². The van der Waals surface area contributed by atoms with Gasteiger partial charge < -0.3 is 9.72 Å². The fourth-order valence-corrected chi connectivity index (χ4v) is 4.28. The van der Waals surface area contributed by atoms with Gasteiger partial charge in [-0.1, -0.05) is 0 Å². The van der Waals surface area contributed by atoms with Gasteiger partial charge in [-0.3, -0.25) is 18.6 Å². The van der Waals surface area contributed by atoms with Crippen LogP contribution in [0.15, 0.2) is 16.2 Å². The van der Waals surface area contributed by atoms with Crippen molar-refractivity contribution < 1.29 is 14.3 Å². The molecule has 0 saturated carbocycles. The molecule has 4 heterocycles. The first-order valence-electron chi connectivity index (χ1n) is 8.48. The lowest BCUT2D eigenvalue weighted by Crippen LogP contribution is -2.19. The summed E-state index contributed by atoms with van der Waals surface area (Å²) in [7, 11) is 1.62. The number of aromatic amines is 1. The second-order valence-electron chi connectivity index (χ2n) is 6.51. The largest absolute Gasteiger partial charge is 0.453 e. The highest BCUT2D eigenvalue weighted by Gasteiger charge is 2.22. The Balaban J connectivity index is 1.69. The molecule has 28 heavy (non-hydrogen) atoms. The van der Waals surface area contributed by atoms with Crippen molar-refractivity contribution in [1.82, 2.24) is 24.1 Å². The van der Waals surface area contributed by atoms with Crippen LogP contribution in [0.2, 0.25) is 0 Å². The Labute approximate surface area is 162 Å². The lowest BCUT2D eigenvalue weighted by atomic mass is 10.1. The summed E-state index contributed by atoms with van der Waals surface area (Å²) in [5.74, 6) is 0.0635. The number of hydrogen-bond donors (Lipinski definition) is 1. The van der Waals surface area contributed by atoms with E-state index in [0.717, 1.165) is 0 Å². The molecule has 0 atom stereocenters. The molecule has 0 amide bonds. The van der Waals surface area contributed by atoms with Gasteiger partial charge in [-0.2, -0.15) is 0 Å². The summed E-state index contributed by atoms with van der Waals surface area (Å²) < 4.78 is 9.10. The molecule has 0 bridgehead atoms. The second kappa shape index (κ2) is 6.41. The summed E-state index contributed by atoms with van der Waals surface area (Å²) in [5, 5.41) is 9.95. The Morgan fingerprint density at radius 2 is 2.04 bits per heavy atom. The van der Waals surface area contributed by atoms with Crippen LogP contribution in [0.25, 0.3) is 16.0 Å². The van der Waals surface area contributed by atoms with Gasteiger partial charge in [-0.05, 0) is 37.8 Å². The van der Waals surface area contributed by atoms with Gasteiger partial charge in [0.05, 0.1) is 5.52 Å². The predicted molar refractivity (Wildman–Crippen MR) is 103 cm³/mol. The number of H-pyrrole nitrogens is 1. The lowest BCUT2D eigenvalue weighted by molar-refractivity contribution is 0.0454. The van der Waals surface area contributed by atoms with Gasteiger partial charge in [0.25, 0.3) is 5.56 Å². The maximum Gasteiger partial charge on any atom is 0.355 e. The number of rotatable bonds is 4. The summed E-state index contributed by atoms with van der Waals surface area (Å²) in [6.45, 7) is 4.77. The smallest absolute Gasteiger partial charge is 0.355 e. The number of nitrogens with one attached hydrogen (secondary N) is 1. The van der Waals surface area contributed by atoms with E-state index >= 15 is 0 Å². The highest BCUT2D eigenvalue weighted by atomic mass is 32.1. The quantitative estimate of drug-likeness (QED) is 0.416. The van der Waals surface area contributed by atoms with E-state index in [1.807, 2.05) is 5.38 Å². The fourth-order valence-electron chi connectivity index (χ4n) is 3.43. The molecule has 144 valence electrons. The number of thiophene rings is 1.